The maximum atomic E-state index is 13.0. The van der Waals surface area contributed by atoms with Gasteiger partial charge < -0.3 is 14.6 Å². The molecule has 1 unspecified atom stereocenters. The van der Waals surface area contributed by atoms with Crippen molar-refractivity contribution in [1.82, 2.24) is 9.88 Å². The van der Waals surface area contributed by atoms with Crippen LogP contribution in [0.25, 0.3) is 10.9 Å². The van der Waals surface area contributed by atoms with Crippen LogP contribution in [0, 0.1) is 0 Å². The number of ether oxygens (including phenoxy) is 1. The average molecular weight is 389 g/mol. The molecule has 2 heterocycles. The molecule has 3 aromatic rings. The average Bonchev–Trinajstić information content (AvgIpc) is 3.37. The molecule has 1 aliphatic carbocycles. The Hall–Kier alpha value is -2.75. The van der Waals surface area contributed by atoms with Crippen molar-refractivity contribution in [3.8, 4) is 5.75 Å². The zero-order valence-corrected chi connectivity index (χ0v) is 17.0. The van der Waals surface area contributed by atoms with Gasteiger partial charge in [0.05, 0.1) is 7.11 Å². The molecule has 0 spiro atoms. The molecule has 4 heteroatoms. The number of nitrogens with zero attached hydrogens (tertiary/aromatic N) is 1. The number of rotatable bonds is 4. The van der Waals surface area contributed by atoms with E-state index in [1.807, 2.05) is 6.07 Å². The fourth-order valence-corrected chi connectivity index (χ4v) is 5.22. The van der Waals surface area contributed by atoms with Crippen LogP contribution in [0.15, 0.2) is 48.7 Å². The van der Waals surface area contributed by atoms with Crippen LogP contribution in [0.1, 0.15) is 54.2 Å². The molecule has 2 aromatic carbocycles. The number of H-pyrrole nitrogens is 1. The van der Waals surface area contributed by atoms with E-state index in [2.05, 4.69) is 52.5 Å². The third-order valence-corrected chi connectivity index (χ3v) is 6.89. The highest BCUT2D eigenvalue weighted by Crippen LogP contribution is 2.37. The normalized spacial score (nSPS) is 19.5. The number of hydrogen-bond donors (Lipinski definition) is 1. The highest BCUT2D eigenvalue weighted by molar-refractivity contribution is 5.85. The number of carbonyl (C=O) groups excluding carboxylic acids is 1. The number of aromatic nitrogens is 1. The van der Waals surface area contributed by atoms with E-state index in [9.17, 15) is 4.79 Å². The standard InChI is InChI=1S/C25H28N2O2/c1-29-20-8-9-24-22(15-20)23(16-26-24)18-10-12-27(13-11-18)25(28)14-19-7-6-17-4-2-3-5-21(17)19/h2-5,8-9,15-16,18-19,26H,6-7,10-14H2,1H3. The fourth-order valence-electron chi connectivity index (χ4n) is 5.22. The van der Waals surface area contributed by atoms with Crippen molar-refractivity contribution in [3.05, 3.63) is 65.4 Å². The number of likely N-dealkylation sites (tertiary alicyclic amines) is 1. The third-order valence-electron chi connectivity index (χ3n) is 6.89. The lowest BCUT2D eigenvalue weighted by molar-refractivity contribution is -0.132. The fraction of sp³-hybridized carbons (Fsp3) is 0.400. The minimum absolute atomic E-state index is 0.325. The number of aryl methyl sites for hydroxylation is 1. The van der Waals surface area contributed by atoms with Gasteiger partial charge in [-0.15, -0.1) is 0 Å². The molecule has 1 fully saturated rings. The number of aromatic amines is 1. The van der Waals surface area contributed by atoms with Crippen molar-refractivity contribution in [1.29, 1.82) is 0 Å². The van der Waals surface area contributed by atoms with Gasteiger partial charge in [-0.05, 0) is 72.4 Å². The van der Waals surface area contributed by atoms with E-state index in [0.29, 0.717) is 24.2 Å². The van der Waals surface area contributed by atoms with Gasteiger partial charge >= 0.3 is 0 Å². The van der Waals surface area contributed by atoms with Gasteiger partial charge in [0.2, 0.25) is 5.91 Å². The molecule has 1 N–H and O–H groups in total. The first-order valence-corrected chi connectivity index (χ1v) is 10.7. The van der Waals surface area contributed by atoms with E-state index in [1.54, 1.807) is 7.11 Å². The molecule has 1 aliphatic heterocycles. The lowest BCUT2D eigenvalue weighted by Crippen LogP contribution is -2.38. The Kier molecular flexibility index (Phi) is 4.78. The Bertz CT molecular complexity index is 1030. The number of nitrogens with one attached hydrogen (secondary N) is 1. The zero-order valence-electron chi connectivity index (χ0n) is 17.0. The van der Waals surface area contributed by atoms with E-state index in [4.69, 9.17) is 4.74 Å². The molecule has 1 atom stereocenters. The topological polar surface area (TPSA) is 45.3 Å². The highest BCUT2D eigenvalue weighted by Gasteiger charge is 2.29. The number of hydrogen-bond acceptors (Lipinski definition) is 2. The van der Waals surface area contributed by atoms with Crippen molar-refractivity contribution in [2.75, 3.05) is 20.2 Å². The Morgan fingerprint density at radius 3 is 2.76 bits per heavy atom. The SMILES string of the molecule is COc1ccc2[nH]cc(C3CCN(C(=O)CC4CCc5ccccc54)CC3)c2c1. The minimum Gasteiger partial charge on any atom is -0.497 e. The molecule has 2 aliphatic rings. The molecule has 0 bridgehead atoms. The summed E-state index contributed by atoms with van der Waals surface area (Å²) in [5.74, 6) is 2.11. The van der Waals surface area contributed by atoms with Crippen molar-refractivity contribution in [3.63, 3.8) is 0 Å². The van der Waals surface area contributed by atoms with Gasteiger partial charge in [-0.25, -0.2) is 0 Å². The molecule has 1 aromatic heterocycles. The van der Waals surface area contributed by atoms with Gasteiger partial charge in [0.25, 0.3) is 0 Å². The largest absolute Gasteiger partial charge is 0.497 e. The first kappa shape index (κ1) is 18.3. The van der Waals surface area contributed by atoms with Gasteiger partial charge in [0, 0.05) is 36.6 Å². The number of carbonyl (C=O) groups is 1. The second-order valence-corrected chi connectivity index (χ2v) is 8.45. The lowest BCUT2D eigenvalue weighted by atomic mass is 9.88. The van der Waals surface area contributed by atoms with Gasteiger partial charge in [0.15, 0.2) is 0 Å². The lowest BCUT2D eigenvalue weighted by Gasteiger charge is -2.32. The summed E-state index contributed by atoms with van der Waals surface area (Å²) in [6.07, 6.45) is 7.07. The summed E-state index contributed by atoms with van der Waals surface area (Å²) in [6.45, 7) is 1.71. The van der Waals surface area contributed by atoms with E-state index in [1.165, 1.54) is 22.1 Å². The van der Waals surface area contributed by atoms with Gasteiger partial charge in [0.1, 0.15) is 5.75 Å². The van der Waals surface area contributed by atoms with E-state index < -0.39 is 0 Å². The predicted molar refractivity (Wildman–Crippen MR) is 116 cm³/mol. The quantitative estimate of drug-likeness (QED) is 0.683. The Morgan fingerprint density at radius 2 is 1.93 bits per heavy atom. The molecule has 0 saturated carbocycles. The number of amides is 1. The van der Waals surface area contributed by atoms with Crippen LogP contribution in [0.4, 0.5) is 0 Å². The second kappa shape index (κ2) is 7.58. The van der Waals surface area contributed by atoms with Crippen LogP contribution >= 0.6 is 0 Å². The number of methoxy groups -OCH3 is 1. The van der Waals surface area contributed by atoms with Crippen LogP contribution in [0.2, 0.25) is 0 Å². The van der Waals surface area contributed by atoms with E-state index >= 15 is 0 Å². The van der Waals surface area contributed by atoms with Crippen molar-refractivity contribution >= 4 is 16.8 Å². The zero-order chi connectivity index (χ0) is 19.8. The van der Waals surface area contributed by atoms with Gasteiger partial charge in [-0.1, -0.05) is 24.3 Å². The summed E-state index contributed by atoms with van der Waals surface area (Å²) < 4.78 is 5.40. The van der Waals surface area contributed by atoms with Gasteiger partial charge in [-0.3, -0.25) is 4.79 Å². The van der Waals surface area contributed by atoms with E-state index in [-0.39, 0.29) is 0 Å². The van der Waals surface area contributed by atoms with Crippen molar-refractivity contribution in [2.45, 2.75) is 43.9 Å². The summed E-state index contributed by atoms with van der Waals surface area (Å²) >= 11 is 0. The van der Waals surface area contributed by atoms with Gasteiger partial charge in [-0.2, -0.15) is 0 Å². The first-order chi connectivity index (χ1) is 14.2. The molecular weight excluding hydrogens is 360 g/mol. The molecule has 150 valence electrons. The molecule has 0 radical (unpaired) electrons. The number of piperidine rings is 1. The molecule has 1 amide bonds. The number of fused-ring (bicyclic) bond motifs is 2. The summed E-state index contributed by atoms with van der Waals surface area (Å²) in [4.78, 5) is 18.4. The molecular formula is C25H28N2O2. The maximum absolute atomic E-state index is 13.0. The van der Waals surface area contributed by atoms with Crippen LogP contribution in [0.5, 0.6) is 5.75 Å². The third kappa shape index (κ3) is 3.41. The maximum Gasteiger partial charge on any atom is 0.223 e. The molecule has 29 heavy (non-hydrogen) atoms. The van der Waals surface area contributed by atoms with Crippen molar-refractivity contribution in [2.24, 2.45) is 0 Å². The van der Waals surface area contributed by atoms with Crippen LogP contribution in [-0.2, 0) is 11.2 Å². The summed E-state index contributed by atoms with van der Waals surface area (Å²) in [5.41, 5.74) is 5.33. The first-order valence-electron chi connectivity index (χ1n) is 10.7. The predicted octanol–water partition coefficient (Wildman–Crippen LogP) is 5.00. The summed E-state index contributed by atoms with van der Waals surface area (Å²) in [5, 5.41) is 1.25. The summed E-state index contributed by atoms with van der Waals surface area (Å²) in [7, 11) is 1.71. The van der Waals surface area contributed by atoms with Crippen molar-refractivity contribution < 1.29 is 9.53 Å². The Labute approximate surface area is 171 Å². The highest BCUT2D eigenvalue weighted by atomic mass is 16.5. The van der Waals surface area contributed by atoms with Crippen LogP contribution < -0.4 is 4.74 Å². The second-order valence-electron chi connectivity index (χ2n) is 8.45. The van der Waals surface area contributed by atoms with Crippen LogP contribution in [-0.4, -0.2) is 36.0 Å². The Morgan fingerprint density at radius 1 is 1.10 bits per heavy atom. The molecule has 5 rings (SSSR count). The van der Waals surface area contributed by atoms with E-state index in [0.717, 1.165) is 50.0 Å². The monoisotopic (exact) mass is 388 g/mol. The minimum atomic E-state index is 0.325. The number of benzene rings is 2. The Balaban J connectivity index is 1.23. The van der Waals surface area contributed by atoms with Crippen LogP contribution in [0.3, 0.4) is 0 Å². The summed E-state index contributed by atoms with van der Waals surface area (Å²) in [6, 6.07) is 14.8. The smallest absolute Gasteiger partial charge is 0.223 e. The molecule has 1 saturated heterocycles. The molecule has 4 nitrogen and oxygen atoms in total.